The zero-order valence-electron chi connectivity index (χ0n) is 10.5. The maximum absolute atomic E-state index is 4.32. The average molecular weight is 205 g/mol. The Bertz CT molecular complexity index is 265. The fraction of sp³-hybridized carbons (Fsp3) is 0.643. The highest BCUT2D eigenvalue weighted by molar-refractivity contribution is 5.21. The monoisotopic (exact) mass is 205 g/mol. The van der Waals surface area contributed by atoms with Gasteiger partial charge in [-0.2, -0.15) is 0 Å². The number of hydrogen-bond acceptors (Lipinski definition) is 1. The molecule has 1 nitrogen and oxygen atoms in total. The van der Waals surface area contributed by atoms with Gasteiger partial charge in [0.1, 0.15) is 0 Å². The Morgan fingerprint density at radius 1 is 1.07 bits per heavy atom. The highest BCUT2D eigenvalue weighted by Crippen LogP contribution is 2.17. The number of fused-ring (bicyclic) bond motifs is 1. The van der Waals surface area contributed by atoms with Crippen molar-refractivity contribution in [3.05, 3.63) is 29.6 Å². The first-order valence-electron chi connectivity index (χ1n) is 5.89. The molecule has 0 aromatic carbocycles. The molecule has 0 unspecified atom stereocenters. The molecular weight excluding hydrogens is 182 g/mol. The maximum Gasteiger partial charge on any atom is 0.0435 e. The van der Waals surface area contributed by atoms with Crippen LogP contribution < -0.4 is 0 Å². The molecule has 0 spiro atoms. The van der Waals surface area contributed by atoms with Crippen molar-refractivity contribution < 1.29 is 0 Å². The second-order valence-corrected chi connectivity index (χ2v) is 5.82. The normalized spacial score (nSPS) is 14.9. The van der Waals surface area contributed by atoms with E-state index in [1.54, 1.807) is 0 Å². The molecule has 1 heteroatoms. The predicted molar refractivity (Wildman–Crippen MR) is 66.0 cm³/mol. The van der Waals surface area contributed by atoms with Crippen molar-refractivity contribution in [2.45, 2.75) is 53.4 Å². The topological polar surface area (TPSA) is 12.9 Å². The van der Waals surface area contributed by atoms with E-state index in [-0.39, 0.29) is 0 Å². The first kappa shape index (κ1) is 12.2. The van der Waals surface area contributed by atoms with Crippen molar-refractivity contribution >= 4 is 0 Å². The van der Waals surface area contributed by atoms with E-state index in [9.17, 15) is 0 Å². The molecule has 0 fully saturated rings. The number of nitrogens with zero attached hydrogens (tertiary/aromatic N) is 1. The van der Waals surface area contributed by atoms with Crippen LogP contribution in [0.2, 0.25) is 0 Å². The third kappa shape index (κ3) is 5.56. The fourth-order valence-electron chi connectivity index (χ4n) is 1.53. The summed E-state index contributed by atoms with van der Waals surface area (Å²) < 4.78 is 0. The molecule has 84 valence electrons. The lowest BCUT2D eigenvalue weighted by atomic mass is 9.96. The van der Waals surface area contributed by atoms with Crippen molar-refractivity contribution in [3.8, 4) is 0 Å². The van der Waals surface area contributed by atoms with Crippen LogP contribution in [-0.4, -0.2) is 4.98 Å². The van der Waals surface area contributed by atoms with Gasteiger partial charge >= 0.3 is 0 Å². The summed E-state index contributed by atoms with van der Waals surface area (Å²) in [6.07, 6.45) is 6.99. The van der Waals surface area contributed by atoms with Crippen LogP contribution in [0.4, 0.5) is 0 Å². The van der Waals surface area contributed by atoms with Crippen molar-refractivity contribution in [1.82, 2.24) is 4.98 Å². The van der Waals surface area contributed by atoms with Crippen LogP contribution >= 0.6 is 0 Å². The maximum atomic E-state index is 4.32. The predicted octanol–water partition coefficient (Wildman–Crippen LogP) is 4.01. The number of aryl methyl sites for hydroxylation is 2. The third-order valence-electron chi connectivity index (χ3n) is 2.09. The molecule has 0 atom stereocenters. The molecule has 0 N–H and O–H groups in total. The summed E-state index contributed by atoms with van der Waals surface area (Å²) in [6, 6.07) is 4.23. The Kier molecular flexibility index (Phi) is 4.31. The van der Waals surface area contributed by atoms with Gasteiger partial charge in [-0.3, -0.25) is 4.98 Å². The Labute approximate surface area is 93.9 Å². The highest BCUT2D eigenvalue weighted by Gasteiger charge is 2.07. The summed E-state index contributed by atoms with van der Waals surface area (Å²) in [7, 11) is 0. The van der Waals surface area contributed by atoms with E-state index in [1.807, 2.05) is 12.3 Å². The zero-order valence-corrected chi connectivity index (χ0v) is 10.5. The molecule has 1 aromatic heterocycles. The summed E-state index contributed by atoms with van der Waals surface area (Å²) in [5.41, 5.74) is 3.29. The van der Waals surface area contributed by atoms with Gasteiger partial charge in [0.05, 0.1) is 0 Å². The number of rotatable bonds is 0. The molecule has 0 amide bonds. The smallest absolute Gasteiger partial charge is 0.0435 e. The van der Waals surface area contributed by atoms with Crippen LogP contribution in [0, 0.1) is 5.41 Å². The van der Waals surface area contributed by atoms with Crippen LogP contribution in [0.3, 0.4) is 0 Å². The van der Waals surface area contributed by atoms with Gasteiger partial charge < -0.3 is 0 Å². The average Bonchev–Trinajstić information content (AvgIpc) is 2.16. The summed E-state index contributed by atoms with van der Waals surface area (Å²) in [6.45, 7) is 8.75. The minimum atomic E-state index is 0.500. The number of aromatic nitrogens is 1. The minimum Gasteiger partial charge on any atom is -0.261 e. The van der Waals surface area contributed by atoms with Crippen LogP contribution in [0.1, 0.15) is 51.8 Å². The first-order valence-corrected chi connectivity index (χ1v) is 5.89. The SMILES string of the molecule is CC(C)(C)C.c1cnc2c(c1)CCCC2. The standard InChI is InChI=1S/C9H11N.C5H12/c1-2-6-9-8(4-1)5-3-7-10-9;1-5(2,3)4/h3,5,7H,1-2,4,6H2;1-4H3. The third-order valence-corrected chi connectivity index (χ3v) is 2.09. The van der Waals surface area contributed by atoms with E-state index in [0.29, 0.717) is 5.41 Å². The fourth-order valence-corrected chi connectivity index (χ4v) is 1.53. The van der Waals surface area contributed by atoms with Crippen LogP contribution in [-0.2, 0) is 12.8 Å². The number of hydrogen-bond donors (Lipinski definition) is 0. The van der Waals surface area contributed by atoms with E-state index < -0.39 is 0 Å². The summed E-state index contributed by atoms with van der Waals surface area (Å²) >= 11 is 0. The van der Waals surface area contributed by atoms with Gasteiger partial charge in [0.25, 0.3) is 0 Å². The lowest BCUT2D eigenvalue weighted by Gasteiger charge is -2.12. The molecular formula is C14H23N. The minimum absolute atomic E-state index is 0.500. The lowest BCUT2D eigenvalue weighted by Crippen LogP contribution is -2.03. The molecule has 1 heterocycles. The van der Waals surface area contributed by atoms with Crippen molar-refractivity contribution in [3.63, 3.8) is 0 Å². The van der Waals surface area contributed by atoms with Crippen LogP contribution in [0.15, 0.2) is 18.3 Å². The van der Waals surface area contributed by atoms with Gasteiger partial charge in [-0.25, -0.2) is 0 Å². The van der Waals surface area contributed by atoms with Gasteiger partial charge in [0.15, 0.2) is 0 Å². The Morgan fingerprint density at radius 3 is 2.27 bits per heavy atom. The molecule has 0 bridgehead atoms. The van der Waals surface area contributed by atoms with E-state index in [0.717, 1.165) is 0 Å². The van der Waals surface area contributed by atoms with Gasteiger partial charge in [-0.05, 0) is 42.7 Å². The second-order valence-electron chi connectivity index (χ2n) is 5.82. The molecule has 0 saturated heterocycles. The van der Waals surface area contributed by atoms with Crippen LogP contribution in [0.5, 0.6) is 0 Å². The Balaban J connectivity index is 0.000000195. The van der Waals surface area contributed by atoms with E-state index >= 15 is 0 Å². The van der Waals surface area contributed by atoms with Crippen LogP contribution in [0.25, 0.3) is 0 Å². The Morgan fingerprint density at radius 2 is 1.67 bits per heavy atom. The molecule has 2 rings (SSSR count). The zero-order chi connectivity index (χ0) is 11.3. The highest BCUT2D eigenvalue weighted by atomic mass is 14.7. The Hall–Kier alpha value is -0.850. The quantitative estimate of drug-likeness (QED) is 0.623. The molecule has 0 radical (unpaired) electrons. The lowest BCUT2D eigenvalue weighted by molar-refractivity contribution is 0.469. The van der Waals surface area contributed by atoms with Gasteiger partial charge in [-0.15, -0.1) is 0 Å². The van der Waals surface area contributed by atoms with Gasteiger partial charge in [0, 0.05) is 11.9 Å². The summed E-state index contributed by atoms with van der Waals surface area (Å²) in [5, 5.41) is 0. The molecule has 0 aliphatic heterocycles. The van der Waals surface area contributed by atoms with Gasteiger partial charge in [-0.1, -0.05) is 33.8 Å². The van der Waals surface area contributed by atoms with E-state index in [4.69, 9.17) is 0 Å². The second kappa shape index (κ2) is 5.29. The molecule has 0 saturated carbocycles. The van der Waals surface area contributed by atoms with Crippen molar-refractivity contribution in [2.75, 3.05) is 0 Å². The van der Waals surface area contributed by atoms with Crippen molar-refractivity contribution in [2.24, 2.45) is 5.41 Å². The molecule has 15 heavy (non-hydrogen) atoms. The molecule has 1 aliphatic rings. The summed E-state index contributed by atoms with van der Waals surface area (Å²) in [5.74, 6) is 0. The van der Waals surface area contributed by atoms with Gasteiger partial charge in [0.2, 0.25) is 0 Å². The van der Waals surface area contributed by atoms with E-state index in [1.165, 1.54) is 36.9 Å². The van der Waals surface area contributed by atoms with Crippen molar-refractivity contribution in [1.29, 1.82) is 0 Å². The first-order chi connectivity index (χ1) is 6.97. The molecule has 1 aliphatic carbocycles. The largest absolute Gasteiger partial charge is 0.261 e. The summed E-state index contributed by atoms with van der Waals surface area (Å²) in [4.78, 5) is 4.32. The molecule has 1 aromatic rings. The van der Waals surface area contributed by atoms with E-state index in [2.05, 4.69) is 38.7 Å². The number of pyridine rings is 1.